The molecule has 0 radical (unpaired) electrons. The Morgan fingerprint density at radius 2 is 1.82 bits per heavy atom. The van der Waals surface area contributed by atoms with Crippen molar-refractivity contribution in [3.05, 3.63) is 46.8 Å². The van der Waals surface area contributed by atoms with Gasteiger partial charge in [0.05, 0.1) is 0 Å². The van der Waals surface area contributed by atoms with E-state index in [2.05, 4.69) is 15.5 Å². The zero-order chi connectivity index (χ0) is 12.4. The highest BCUT2D eigenvalue weighted by Gasteiger charge is 2.14. The molecule has 88 valence electrons. The first kappa shape index (κ1) is 11.4. The highest BCUT2D eigenvalue weighted by atomic mass is 16.1. The van der Waals surface area contributed by atoms with Gasteiger partial charge in [0.2, 0.25) is 0 Å². The van der Waals surface area contributed by atoms with E-state index in [4.69, 9.17) is 0 Å². The van der Waals surface area contributed by atoms with Crippen molar-refractivity contribution in [2.75, 3.05) is 5.32 Å². The molecule has 0 aliphatic heterocycles. The second kappa shape index (κ2) is 4.41. The monoisotopic (exact) mass is 229 g/mol. The summed E-state index contributed by atoms with van der Waals surface area (Å²) in [4.78, 5) is 11.9. The molecule has 1 amide bonds. The Morgan fingerprint density at radius 1 is 1.18 bits per heavy atom. The Kier molecular flexibility index (Phi) is 2.95. The van der Waals surface area contributed by atoms with E-state index in [9.17, 15) is 4.79 Å². The first-order valence-corrected chi connectivity index (χ1v) is 5.47. The van der Waals surface area contributed by atoms with Gasteiger partial charge in [0.1, 0.15) is 0 Å². The first-order valence-electron chi connectivity index (χ1n) is 5.47. The summed E-state index contributed by atoms with van der Waals surface area (Å²) in [6.07, 6.45) is 0. The van der Waals surface area contributed by atoms with E-state index in [0.29, 0.717) is 5.69 Å². The van der Waals surface area contributed by atoms with Gasteiger partial charge in [-0.2, -0.15) is 5.10 Å². The molecule has 0 bridgehead atoms. The maximum Gasteiger partial charge on any atom is 0.276 e. The summed E-state index contributed by atoms with van der Waals surface area (Å²) >= 11 is 0. The van der Waals surface area contributed by atoms with Crippen LogP contribution in [-0.4, -0.2) is 16.1 Å². The van der Waals surface area contributed by atoms with Crippen molar-refractivity contribution in [1.29, 1.82) is 0 Å². The molecule has 4 nitrogen and oxygen atoms in total. The van der Waals surface area contributed by atoms with Crippen molar-refractivity contribution in [3.8, 4) is 0 Å². The third-order valence-corrected chi connectivity index (χ3v) is 2.78. The summed E-state index contributed by atoms with van der Waals surface area (Å²) < 4.78 is 0. The molecule has 17 heavy (non-hydrogen) atoms. The number of amides is 1. The number of hydrogen-bond acceptors (Lipinski definition) is 2. The number of nitrogens with zero attached hydrogens (tertiary/aromatic N) is 1. The molecule has 0 saturated carbocycles. The minimum atomic E-state index is -0.185. The summed E-state index contributed by atoms with van der Waals surface area (Å²) in [6.45, 7) is 5.78. The number of carbonyl (C=O) groups is 1. The fraction of sp³-hybridized carbons (Fsp3) is 0.231. The van der Waals surface area contributed by atoms with E-state index in [1.807, 2.05) is 45.0 Å². The molecule has 1 aromatic heterocycles. The molecule has 2 rings (SSSR count). The number of anilines is 1. The smallest absolute Gasteiger partial charge is 0.276 e. The van der Waals surface area contributed by atoms with Crippen molar-refractivity contribution in [2.45, 2.75) is 20.8 Å². The van der Waals surface area contributed by atoms with Crippen molar-refractivity contribution in [1.82, 2.24) is 10.2 Å². The van der Waals surface area contributed by atoms with Gasteiger partial charge in [-0.3, -0.25) is 9.89 Å². The molecule has 4 heteroatoms. The van der Waals surface area contributed by atoms with E-state index in [1.54, 1.807) is 0 Å². The van der Waals surface area contributed by atoms with Crippen LogP contribution in [0.5, 0.6) is 0 Å². The lowest BCUT2D eigenvalue weighted by Gasteiger charge is -2.04. The normalized spacial score (nSPS) is 10.3. The number of aromatic nitrogens is 2. The Bertz CT molecular complexity index is 540. The third-order valence-electron chi connectivity index (χ3n) is 2.78. The fourth-order valence-electron chi connectivity index (χ4n) is 1.53. The van der Waals surface area contributed by atoms with E-state index in [1.165, 1.54) is 0 Å². The zero-order valence-corrected chi connectivity index (χ0v) is 10.2. The van der Waals surface area contributed by atoms with Crippen LogP contribution in [0.4, 0.5) is 5.69 Å². The zero-order valence-electron chi connectivity index (χ0n) is 10.2. The highest BCUT2D eigenvalue weighted by molar-refractivity contribution is 6.03. The summed E-state index contributed by atoms with van der Waals surface area (Å²) in [5.41, 5.74) is 4.19. The fourth-order valence-corrected chi connectivity index (χ4v) is 1.53. The number of H-pyrrole nitrogens is 1. The van der Waals surface area contributed by atoms with Gasteiger partial charge in [-0.25, -0.2) is 0 Å². The first-order chi connectivity index (χ1) is 8.08. The van der Waals surface area contributed by atoms with Crippen LogP contribution in [0.2, 0.25) is 0 Å². The maximum atomic E-state index is 11.9. The van der Waals surface area contributed by atoms with Gasteiger partial charge in [0.15, 0.2) is 5.69 Å². The van der Waals surface area contributed by atoms with Crippen LogP contribution in [0, 0.1) is 20.8 Å². The maximum absolute atomic E-state index is 11.9. The van der Waals surface area contributed by atoms with Gasteiger partial charge in [0, 0.05) is 16.9 Å². The van der Waals surface area contributed by atoms with E-state index in [-0.39, 0.29) is 5.91 Å². The largest absolute Gasteiger partial charge is 0.321 e. The molecule has 0 aliphatic rings. The molecule has 2 N–H and O–H groups in total. The topological polar surface area (TPSA) is 57.8 Å². The lowest BCUT2D eigenvalue weighted by Crippen LogP contribution is -2.13. The average Bonchev–Trinajstić information content (AvgIpc) is 2.63. The lowest BCUT2D eigenvalue weighted by molar-refractivity contribution is 0.102. The SMILES string of the molecule is Cc1ccc(NC(=O)c2n[nH]c(C)c2C)cc1. The van der Waals surface area contributed by atoms with Gasteiger partial charge in [0.25, 0.3) is 5.91 Å². The average molecular weight is 229 g/mol. The standard InChI is InChI=1S/C13H15N3O/c1-8-4-6-11(7-5-8)14-13(17)12-9(2)10(3)15-16-12/h4-7H,1-3H3,(H,14,17)(H,15,16). The lowest BCUT2D eigenvalue weighted by atomic mass is 10.2. The Morgan fingerprint density at radius 3 is 2.35 bits per heavy atom. The molecule has 1 heterocycles. The van der Waals surface area contributed by atoms with Crippen LogP contribution in [0.25, 0.3) is 0 Å². The van der Waals surface area contributed by atoms with Crippen LogP contribution < -0.4 is 5.32 Å². The summed E-state index contributed by atoms with van der Waals surface area (Å²) in [6, 6.07) is 7.67. The van der Waals surface area contributed by atoms with E-state index in [0.717, 1.165) is 22.5 Å². The molecule has 0 unspecified atom stereocenters. The van der Waals surface area contributed by atoms with E-state index >= 15 is 0 Å². The molecule has 2 aromatic rings. The molecule has 1 aromatic carbocycles. The summed E-state index contributed by atoms with van der Waals surface area (Å²) in [5, 5.41) is 9.61. The number of aromatic amines is 1. The predicted molar refractivity (Wildman–Crippen MR) is 67.2 cm³/mol. The second-order valence-corrected chi connectivity index (χ2v) is 4.14. The van der Waals surface area contributed by atoms with Crippen molar-refractivity contribution < 1.29 is 4.79 Å². The molecule has 0 fully saturated rings. The predicted octanol–water partition coefficient (Wildman–Crippen LogP) is 2.59. The van der Waals surface area contributed by atoms with Gasteiger partial charge in [-0.15, -0.1) is 0 Å². The van der Waals surface area contributed by atoms with Crippen LogP contribution in [0.3, 0.4) is 0 Å². The summed E-state index contributed by atoms with van der Waals surface area (Å²) in [5.74, 6) is -0.185. The highest BCUT2D eigenvalue weighted by Crippen LogP contribution is 2.13. The molecule has 0 aliphatic carbocycles. The van der Waals surface area contributed by atoms with Gasteiger partial charge < -0.3 is 5.32 Å². The molecule has 0 spiro atoms. The van der Waals surface area contributed by atoms with Crippen LogP contribution in [0.1, 0.15) is 27.3 Å². The van der Waals surface area contributed by atoms with Crippen LogP contribution >= 0.6 is 0 Å². The number of aryl methyl sites for hydroxylation is 2. The Balaban J connectivity index is 2.17. The second-order valence-electron chi connectivity index (χ2n) is 4.14. The van der Waals surface area contributed by atoms with E-state index < -0.39 is 0 Å². The molecule has 0 atom stereocenters. The van der Waals surface area contributed by atoms with Gasteiger partial charge >= 0.3 is 0 Å². The van der Waals surface area contributed by atoms with Gasteiger partial charge in [-0.05, 0) is 32.9 Å². The molecule has 0 saturated heterocycles. The quantitative estimate of drug-likeness (QED) is 0.831. The van der Waals surface area contributed by atoms with Crippen LogP contribution in [0.15, 0.2) is 24.3 Å². The summed E-state index contributed by atoms with van der Waals surface area (Å²) in [7, 11) is 0. The number of carbonyl (C=O) groups excluding carboxylic acids is 1. The number of nitrogens with one attached hydrogen (secondary N) is 2. The molecular formula is C13H15N3O. The van der Waals surface area contributed by atoms with Crippen LogP contribution in [-0.2, 0) is 0 Å². The van der Waals surface area contributed by atoms with Crippen molar-refractivity contribution >= 4 is 11.6 Å². The minimum Gasteiger partial charge on any atom is -0.321 e. The van der Waals surface area contributed by atoms with Crippen molar-refractivity contribution in [3.63, 3.8) is 0 Å². The van der Waals surface area contributed by atoms with Gasteiger partial charge in [-0.1, -0.05) is 17.7 Å². The minimum absolute atomic E-state index is 0.185. The number of benzene rings is 1. The number of hydrogen-bond donors (Lipinski definition) is 2. The third kappa shape index (κ3) is 2.36. The molecular weight excluding hydrogens is 214 g/mol. The Hall–Kier alpha value is -2.10. The van der Waals surface area contributed by atoms with Crippen molar-refractivity contribution in [2.24, 2.45) is 0 Å². The number of rotatable bonds is 2. The Labute approximate surface area is 100 Å².